The molecule has 4 aliphatic heterocycles. The molecule has 6 aromatic rings. The highest BCUT2D eigenvalue weighted by atomic mass is 35.5. The number of aliphatic hydroxyl groups is 2. The summed E-state index contributed by atoms with van der Waals surface area (Å²) in [4.78, 5) is 12.2. The van der Waals surface area contributed by atoms with E-state index in [1.54, 1.807) is 0 Å². The first-order chi connectivity index (χ1) is 29.7. The fourth-order valence-electron chi connectivity index (χ4n) is 7.68. The van der Waals surface area contributed by atoms with Crippen molar-refractivity contribution >= 4 is 40.5 Å². The normalized spacial score (nSPS) is 15.5. The predicted octanol–water partition coefficient (Wildman–Crippen LogP) is 5.82. The lowest BCUT2D eigenvalue weighted by molar-refractivity contribution is -0.424. The van der Waals surface area contributed by atoms with Crippen molar-refractivity contribution in [1.82, 2.24) is 0 Å². The van der Waals surface area contributed by atoms with Gasteiger partial charge in [-0.2, -0.15) is 0 Å². The fourth-order valence-corrected chi connectivity index (χ4v) is 7.68. The van der Waals surface area contributed by atoms with Gasteiger partial charge in [-0.3, -0.25) is 0 Å². The number of benzene rings is 6. The van der Waals surface area contributed by atoms with Crippen LogP contribution < -0.4 is 36.9 Å². The van der Waals surface area contributed by atoms with Crippen molar-refractivity contribution in [1.29, 1.82) is 0 Å². The Morgan fingerprint density at radius 2 is 0.721 bits per heavy atom. The highest BCUT2D eigenvalue weighted by molar-refractivity contribution is 5.78. The van der Waals surface area contributed by atoms with Gasteiger partial charge in [-0.15, -0.1) is 0 Å². The standard InChI is InChI=1S/C30H28N4.C15H15N2.C4H8O.C2H6O2.ClH/c1-5-13-25(14-6-1)31-21-22-32(26-15-7-2-8-16-26)29(31)30-33(27-17-9-3-10-18-27)23-24-34(30)28-19-11-4-12-20-28;1-3-7-14(8-4-1)16-11-12-17(13-16)15-9-5-2-6-10-15;1-2-4-5-3-1;3-1-2-4;/h1-20H,21-24H2;1-10,13H,11-12H2;1-4H2;3-4H,1-2H2;1H/q;+1;;;/p-1. The molecule has 61 heavy (non-hydrogen) atoms. The first kappa shape index (κ1) is 44.5. The highest BCUT2D eigenvalue weighted by Gasteiger charge is 2.38. The third-order valence-corrected chi connectivity index (χ3v) is 10.6. The van der Waals surface area contributed by atoms with Crippen LogP contribution in [0.1, 0.15) is 12.8 Å². The molecule has 4 aliphatic rings. The van der Waals surface area contributed by atoms with Gasteiger partial charge in [-0.05, 0) is 85.6 Å². The molecule has 0 radical (unpaired) electrons. The number of hydrogen-bond donors (Lipinski definition) is 2. The van der Waals surface area contributed by atoms with Gasteiger partial charge in [-0.1, -0.05) is 109 Å². The first-order valence-electron chi connectivity index (χ1n) is 21.1. The number of halogens is 1. The Hall–Kier alpha value is -6.10. The van der Waals surface area contributed by atoms with E-state index in [0.29, 0.717) is 0 Å². The Morgan fingerprint density at radius 1 is 0.410 bits per heavy atom. The van der Waals surface area contributed by atoms with Crippen molar-refractivity contribution in [2.45, 2.75) is 12.8 Å². The summed E-state index contributed by atoms with van der Waals surface area (Å²) in [6.45, 7) is 7.57. The second-order valence-electron chi connectivity index (χ2n) is 14.5. The monoisotopic (exact) mass is 836 g/mol. The van der Waals surface area contributed by atoms with Gasteiger partial charge in [0.1, 0.15) is 24.5 Å². The Labute approximate surface area is 367 Å². The van der Waals surface area contributed by atoms with Crippen molar-refractivity contribution in [3.63, 3.8) is 0 Å². The summed E-state index contributed by atoms with van der Waals surface area (Å²) in [6.07, 6.45) is 4.74. The third-order valence-electron chi connectivity index (χ3n) is 10.6. The van der Waals surface area contributed by atoms with E-state index in [1.807, 2.05) is 0 Å². The molecule has 3 saturated heterocycles. The maximum Gasteiger partial charge on any atom is 0.244 e. The Balaban J connectivity index is 0.000000190. The molecule has 0 unspecified atom stereocenters. The predicted molar refractivity (Wildman–Crippen MR) is 247 cm³/mol. The summed E-state index contributed by atoms with van der Waals surface area (Å²) in [5, 5.41) is 15.2. The molecule has 0 aliphatic carbocycles. The maximum atomic E-state index is 7.62. The molecule has 0 atom stereocenters. The number of nitrogens with zero attached hydrogens (tertiary/aromatic N) is 6. The number of rotatable bonds is 7. The number of anilines is 5. The summed E-state index contributed by atoms with van der Waals surface area (Å²) < 4.78 is 7.23. The van der Waals surface area contributed by atoms with E-state index in [-0.39, 0.29) is 25.6 Å². The van der Waals surface area contributed by atoms with E-state index >= 15 is 0 Å². The van der Waals surface area contributed by atoms with Crippen LogP contribution in [0, 0.1) is 0 Å². The molecular weight excluding hydrogens is 780 g/mol. The number of hydrogen-bond acceptors (Lipinski definition) is 8. The van der Waals surface area contributed by atoms with Crippen LogP contribution in [-0.4, -0.2) is 86.8 Å². The van der Waals surface area contributed by atoms with Crippen molar-refractivity contribution in [3.8, 4) is 0 Å². The van der Waals surface area contributed by atoms with E-state index in [9.17, 15) is 0 Å². The molecule has 9 nitrogen and oxygen atoms in total. The van der Waals surface area contributed by atoms with Gasteiger partial charge >= 0.3 is 0 Å². The van der Waals surface area contributed by atoms with E-state index in [2.05, 4.69) is 217 Å². The number of para-hydroxylation sites is 6. The van der Waals surface area contributed by atoms with Crippen LogP contribution in [0.3, 0.4) is 0 Å². The van der Waals surface area contributed by atoms with Crippen LogP contribution in [-0.2, 0) is 4.74 Å². The molecule has 316 valence electrons. The average molecular weight is 838 g/mol. The lowest BCUT2D eigenvalue weighted by atomic mass is 10.2. The van der Waals surface area contributed by atoms with Crippen LogP contribution in [0.4, 0.5) is 34.1 Å². The summed E-state index contributed by atoms with van der Waals surface area (Å²) in [5.41, 5.74) is 7.39. The van der Waals surface area contributed by atoms with Gasteiger partial charge in [0, 0.05) is 62.1 Å². The minimum atomic E-state index is -0.125. The largest absolute Gasteiger partial charge is 1.00 e. The smallest absolute Gasteiger partial charge is 0.244 e. The van der Waals surface area contributed by atoms with Crippen LogP contribution >= 0.6 is 0 Å². The second-order valence-corrected chi connectivity index (χ2v) is 14.5. The van der Waals surface area contributed by atoms with E-state index in [1.165, 1.54) is 58.6 Å². The quantitative estimate of drug-likeness (QED) is 0.196. The maximum absolute atomic E-state index is 7.62. The van der Waals surface area contributed by atoms with Crippen LogP contribution in [0.5, 0.6) is 0 Å². The zero-order valence-electron chi connectivity index (χ0n) is 34.7. The number of aliphatic hydroxyl groups excluding tert-OH is 2. The Kier molecular flexibility index (Phi) is 17.2. The van der Waals surface area contributed by atoms with E-state index < -0.39 is 0 Å². The molecule has 0 saturated carbocycles. The Morgan fingerprint density at radius 3 is 1.02 bits per heavy atom. The highest BCUT2D eigenvalue weighted by Crippen LogP contribution is 2.39. The Bertz CT molecular complexity index is 1990. The van der Waals surface area contributed by atoms with Crippen molar-refractivity contribution < 1.29 is 31.9 Å². The van der Waals surface area contributed by atoms with Crippen LogP contribution in [0.2, 0.25) is 0 Å². The molecule has 0 aromatic heterocycles. The van der Waals surface area contributed by atoms with E-state index in [4.69, 9.17) is 14.9 Å². The summed E-state index contributed by atoms with van der Waals surface area (Å²) in [5.74, 6) is 2.45. The van der Waals surface area contributed by atoms with Crippen molar-refractivity contribution in [2.75, 3.05) is 90.2 Å². The molecule has 4 heterocycles. The fraction of sp³-hybridized carbons (Fsp3) is 0.235. The SMILES string of the molecule is C1=[N+](c2ccccc2)CCN1c1ccccc1.C1CCOC1.OCCO.[Cl-].c1ccc(N2CCN(c3ccccc3)C2=C2N(c3ccccc3)CCN2c2ccccc2)cc1. The van der Waals surface area contributed by atoms with Gasteiger partial charge in [0.2, 0.25) is 6.34 Å². The topological polar surface area (TPSA) is 68.9 Å². The minimum Gasteiger partial charge on any atom is -1.00 e. The molecule has 10 rings (SSSR count). The van der Waals surface area contributed by atoms with E-state index in [0.717, 1.165) is 52.5 Å². The zero-order valence-corrected chi connectivity index (χ0v) is 35.5. The molecule has 0 spiro atoms. The van der Waals surface area contributed by atoms with Crippen LogP contribution in [0.15, 0.2) is 194 Å². The third kappa shape index (κ3) is 11.8. The number of ether oxygens (including phenoxy) is 1. The summed E-state index contributed by atoms with van der Waals surface area (Å²) in [7, 11) is 0. The molecule has 10 heteroatoms. The molecule has 2 N–H and O–H groups in total. The van der Waals surface area contributed by atoms with Gasteiger partial charge in [0.05, 0.1) is 13.2 Å². The molecular formula is C51H57ClN6O3. The van der Waals surface area contributed by atoms with Gasteiger partial charge in [0.25, 0.3) is 0 Å². The lowest BCUT2D eigenvalue weighted by Crippen LogP contribution is -3.00. The minimum absolute atomic E-state index is 0. The van der Waals surface area contributed by atoms with Crippen molar-refractivity contribution in [3.05, 3.63) is 194 Å². The molecule has 6 aromatic carbocycles. The lowest BCUT2D eigenvalue weighted by Gasteiger charge is -2.33. The van der Waals surface area contributed by atoms with Gasteiger partial charge in [0.15, 0.2) is 11.6 Å². The molecule has 3 fully saturated rings. The van der Waals surface area contributed by atoms with Crippen LogP contribution in [0.25, 0.3) is 0 Å². The summed E-state index contributed by atoms with van der Waals surface area (Å²) >= 11 is 0. The summed E-state index contributed by atoms with van der Waals surface area (Å²) in [6, 6.07) is 64.0. The van der Waals surface area contributed by atoms with Crippen molar-refractivity contribution in [2.24, 2.45) is 0 Å². The average Bonchev–Trinajstić information content (AvgIpc) is 4.20. The zero-order chi connectivity index (χ0) is 41.2. The van der Waals surface area contributed by atoms with Gasteiger partial charge in [-0.25, -0.2) is 9.48 Å². The second kappa shape index (κ2) is 23.6. The molecule has 0 amide bonds. The molecule has 0 bridgehead atoms. The van der Waals surface area contributed by atoms with Gasteiger partial charge < -0.3 is 47.0 Å². The first-order valence-corrected chi connectivity index (χ1v) is 21.1.